The van der Waals surface area contributed by atoms with Gasteiger partial charge in [0.1, 0.15) is 5.82 Å². The summed E-state index contributed by atoms with van der Waals surface area (Å²) in [6.45, 7) is 8.20. The number of rotatable bonds is 4. The van der Waals surface area contributed by atoms with E-state index < -0.39 is 0 Å². The average Bonchev–Trinajstić information content (AvgIpc) is 3.47. The first-order valence-electron chi connectivity index (χ1n) is 11.2. The molecule has 1 N–H and O–H groups in total. The Labute approximate surface area is 190 Å². The smallest absolute Gasteiger partial charge is 0.254 e. The molecule has 2 aliphatic heterocycles. The number of benzene rings is 2. The molecule has 0 unspecified atom stereocenters. The molecule has 2 aromatic heterocycles. The van der Waals surface area contributed by atoms with Gasteiger partial charge in [-0.05, 0) is 59.8 Å². The van der Waals surface area contributed by atoms with Crippen molar-refractivity contribution >= 4 is 38.3 Å². The van der Waals surface area contributed by atoms with Crippen LogP contribution in [0.1, 0.15) is 22.3 Å². The van der Waals surface area contributed by atoms with E-state index in [0.717, 1.165) is 72.6 Å². The lowest BCUT2D eigenvalue weighted by Gasteiger charge is -2.35. The number of piperazine rings is 1. The minimum Gasteiger partial charge on any atom is -0.372 e. The number of hydrogen-bond donors (Lipinski definition) is 1. The molecular weight excluding hydrogens is 420 g/mol. The number of aromatic nitrogens is 2. The second kappa shape index (κ2) is 7.99. The van der Waals surface area contributed by atoms with Crippen molar-refractivity contribution in [2.24, 2.45) is 0 Å². The van der Waals surface area contributed by atoms with Crippen molar-refractivity contribution in [3.63, 3.8) is 0 Å². The fourth-order valence-corrected chi connectivity index (χ4v) is 5.84. The lowest BCUT2D eigenvalue weighted by atomic mass is 9.98. The standard InChI is InChI=1S/C25H26N4O2S/c1-16-12-17(13-19-20-14-31-15-21(20)25(30)26-23(16)19)6-7-28-8-10-29(11-9-28)24-18-4-2-3-5-22(18)32-27-24/h2-5,12-13H,6-11,14-15H2,1H3,(H,26,30). The normalized spacial score (nSPS) is 16.8. The number of ether oxygens (including phenoxy) is 1. The maximum absolute atomic E-state index is 12.3. The van der Waals surface area contributed by atoms with Crippen LogP contribution in [0.2, 0.25) is 0 Å². The zero-order valence-electron chi connectivity index (χ0n) is 18.2. The summed E-state index contributed by atoms with van der Waals surface area (Å²) in [7, 11) is 0. The zero-order valence-corrected chi connectivity index (χ0v) is 19.0. The molecule has 1 fully saturated rings. The molecule has 0 bridgehead atoms. The third-order valence-corrected chi connectivity index (χ3v) is 7.65. The van der Waals surface area contributed by atoms with Gasteiger partial charge in [-0.1, -0.05) is 18.2 Å². The van der Waals surface area contributed by atoms with E-state index in [-0.39, 0.29) is 5.56 Å². The van der Waals surface area contributed by atoms with E-state index in [1.165, 1.54) is 15.6 Å². The third-order valence-electron chi connectivity index (χ3n) is 6.84. The highest BCUT2D eigenvalue weighted by Gasteiger charge is 2.22. The average molecular weight is 447 g/mol. The maximum Gasteiger partial charge on any atom is 0.254 e. The predicted octanol–water partition coefficient (Wildman–Crippen LogP) is 3.84. The van der Waals surface area contributed by atoms with Gasteiger partial charge in [-0.15, -0.1) is 0 Å². The molecule has 0 atom stereocenters. The summed E-state index contributed by atoms with van der Waals surface area (Å²) in [6, 6.07) is 13.0. The number of fused-ring (bicyclic) bond motifs is 4. The van der Waals surface area contributed by atoms with E-state index in [1.807, 2.05) is 0 Å². The van der Waals surface area contributed by atoms with Crippen molar-refractivity contribution in [3.05, 3.63) is 69.0 Å². The Morgan fingerprint density at radius 1 is 1.06 bits per heavy atom. The van der Waals surface area contributed by atoms with Gasteiger partial charge in [-0.3, -0.25) is 9.69 Å². The van der Waals surface area contributed by atoms with Crippen LogP contribution in [0.15, 0.2) is 41.2 Å². The quantitative estimate of drug-likeness (QED) is 0.516. The Morgan fingerprint density at radius 2 is 1.88 bits per heavy atom. The molecule has 7 heteroatoms. The molecule has 32 heavy (non-hydrogen) atoms. The number of aryl methyl sites for hydroxylation is 1. The van der Waals surface area contributed by atoms with Gasteiger partial charge in [0.2, 0.25) is 0 Å². The Kier molecular flexibility index (Phi) is 4.97. The lowest BCUT2D eigenvalue weighted by Crippen LogP contribution is -2.47. The van der Waals surface area contributed by atoms with E-state index in [2.05, 4.69) is 58.1 Å². The van der Waals surface area contributed by atoms with Crippen molar-refractivity contribution in [2.75, 3.05) is 37.6 Å². The van der Waals surface area contributed by atoms with Gasteiger partial charge < -0.3 is 14.6 Å². The van der Waals surface area contributed by atoms with E-state index in [1.54, 1.807) is 11.5 Å². The maximum atomic E-state index is 12.3. The number of H-pyrrole nitrogens is 1. The zero-order chi connectivity index (χ0) is 21.7. The van der Waals surface area contributed by atoms with E-state index in [0.29, 0.717) is 13.2 Å². The van der Waals surface area contributed by atoms with Crippen molar-refractivity contribution in [1.82, 2.24) is 14.3 Å². The molecule has 0 aliphatic carbocycles. The fourth-order valence-electron chi connectivity index (χ4n) is 5.04. The first-order valence-corrected chi connectivity index (χ1v) is 12.0. The summed E-state index contributed by atoms with van der Waals surface area (Å²) in [5.41, 5.74) is 5.25. The van der Waals surface area contributed by atoms with Gasteiger partial charge in [0.05, 0.1) is 23.4 Å². The number of hydrogen-bond acceptors (Lipinski definition) is 6. The highest BCUT2D eigenvalue weighted by Crippen LogP contribution is 2.30. The number of nitrogens with zero attached hydrogens (tertiary/aromatic N) is 3. The van der Waals surface area contributed by atoms with Crippen LogP contribution in [0.4, 0.5) is 5.82 Å². The second-order valence-corrected chi connectivity index (χ2v) is 9.63. The predicted molar refractivity (Wildman–Crippen MR) is 130 cm³/mol. The van der Waals surface area contributed by atoms with Gasteiger partial charge in [0, 0.05) is 49.1 Å². The van der Waals surface area contributed by atoms with E-state index >= 15 is 0 Å². The van der Waals surface area contributed by atoms with Gasteiger partial charge >= 0.3 is 0 Å². The lowest BCUT2D eigenvalue weighted by molar-refractivity contribution is 0.134. The highest BCUT2D eigenvalue weighted by molar-refractivity contribution is 7.13. The molecule has 164 valence electrons. The fraction of sp³-hybridized carbons (Fsp3) is 0.360. The highest BCUT2D eigenvalue weighted by atomic mass is 32.1. The van der Waals surface area contributed by atoms with Crippen LogP contribution in [0.25, 0.3) is 21.0 Å². The molecule has 6 rings (SSSR count). The molecule has 0 radical (unpaired) electrons. The summed E-state index contributed by atoms with van der Waals surface area (Å²) >= 11 is 1.59. The molecule has 2 aromatic carbocycles. The molecule has 0 saturated carbocycles. The molecule has 0 amide bonds. The SMILES string of the molecule is Cc1cc(CCN2CCN(c3nsc4ccccc34)CC2)cc2c3c(c(=O)[nH]c12)COC3. The summed E-state index contributed by atoms with van der Waals surface area (Å²) in [4.78, 5) is 20.4. The van der Waals surface area contributed by atoms with Crippen LogP contribution >= 0.6 is 11.5 Å². The van der Waals surface area contributed by atoms with Crippen LogP contribution < -0.4 is 10.5 Å². The Balaban J connectivity index is 1.15. The molecule has 2 aliphatic rings. The van der Waals surface area contributed by atoms with E-state index in [4.69, 9.17) is 9.11 Å². The monoisotopic (exact) mass is 446 g/mol. The topological polar surface area (TPSA) is 61.5 Å². The number of pyridine rings is 1. The minimum absolute atomic E-state index is 0.00777. The van der Waals surface area contributed by atoms with Gasteiger partial charge in [0.25, 0.3) is 5.56 Å². The first-order chi connectivity index (χ1) is 15.7. The molecular formula is C25H26N4O2S. The van der Waals surface area contributed by atoms with Gasteiger partial charge in [0.15, 0.2) is 0 Å². The van der Waals surface area contributed by atoms with Crippen molar-refractivity contribution < 1.29 is 4.74 Å². The summed E-state index contributed by atoms with van der Waals surface area (Å²) in [5.74, 6) is 1.14. The van der Waals surface area contributed by atoms with Crippen LogP contribution in [0.5, 0.6) is 0 Å². The minimum atomic E-state index is -0.00777. The summed E-state index contributed by atoms with van der Waals surface area (Å²) < 4.78 is 11.6. The number of aromatic amines is 1. The Hall–Kier alpha value is -2.74. The summed E-state index contributed by atoms with van der Waals surface area (Å²) in [5, 5.41) is 2.42. The van der Waals surface area contributed by atoms with Gasteiger partial charge in [-0.25, -0.2) is 0 Å². The molecule has 6 nitrogen and oxygen atoms in total. The van der Waals surface area contributed by atoms with Crippen molar-refractivity contribution in [2.45, 2.75) is 26.6 Å². The molecule has 4 heterocycles. The van der Waals surface area contributed by atoms with Gasteiger partial charge in [-0.2, -0.15) is 4.37 Å². The van der Waals surface area contributed by atoms with Crippen molar-refractivity contribution in [1.29, 1.82) is 0 Å². The Morgan fingerprint density at radius 3 is 2.75 bits per heavy atom. The van der Waals surface area contributed by atoms with Crippen molar-refractivity contribution in [3.8, 4) is 0 Å². The number of nitrogens with one attached hydrogen (secondary N) is 1. The van der Waals surface area contributed by atoms with Crippen LogP contribution in [0.3, 0.4) is 0 Å². The molecule has 1 saturated heterocycles. The Bertz CT molecular complexity index is 1370. The van der Waals surface area contributed by atoms with E-state index in [9.17, 15) is 4.79 Å². The second-order valence-electron chi connectivity index (χ2n) is 8.82. The molecule has 0 spiro atoms. The number of anilines is 1. The van der Waals surface area contributed by atoms with Crippen LogP contribution in [0, 0.1) is 6.92 Å². The third kappa shape index (κ3) is 3.41. The first kappa shape index (κ1) is 19.9. The molecule has 4 aromatic rings. The summed E-state index contributed by atoms with van der Waals surface area (Å²) in [6.07, 6.45) is 1.01. The van der Waals surface area contributed by atoms with Crippen LogP contribution in [-0.4, -0.2) is 47.0 Å². The largest absolute Gasteiger partial charge is 0.372 e. The van der Waals surface area contributed by atoms with Crippen LogP contribution in [-0.2, 0) is 24.4 Å².